The molecule has 2 N–H and O–H groups in total. The molecule has 1 aliphatic heterocycles. The third-order valence-corrected chi connectivity index (χ3v) is 5.11. The predicted molar refractivity (Wildman–Crippen MR) is 107 cm³/mol. The van der Waals surface area contributed by atoms with Gasteiger partial charge in [-0.15, -0.1) is 0 Å². The van der Waals surface area contributed by atoms with Crippen LogP contribution in [0.2, 0.25) is 0 Å². The summed E-state index contributed by atoms with van der Waals surface area (Å²) in [4.78, 5) is 10.9. The highest BCUT2D eigenvalue weighted by Gasteiger charge is 2.29. The number of halogens is 2. The summed E-state index contributed by atoms with van der Waals surface area (Å²) in [6.07, 6.45) is 3.61. The summed E-state index contributed by atoms with van der Waals surface area (Å²) in [6.45, 7) is 2.07. The zero-order valence-electron chi connectivity index (χ0n) is 15.9. The van der Waals surface area contributed by atoms with E-state index in [1.54, 1.807) is 24.4 Å². The molecule has 5 nitrogen and oxygen atoms in total. The largest absolute Gasteiger partial charge is 0.492 e. The number of nitrogens with zero attached hydrogens (tertiary/aromatic N) is 3. The molecule has 2 heterocycles. The second-order valence-corrected chi connectivity index (χ2v) is 7.03. The molecule has 0 spiro atoms. The summed E-state index contributed by atoms with van der Waals surface area (Å²) in [5, 5.41) is 0. The van der Waals surface area contributed by atoms with E-state index in [0.29, 0.717) is 18.9 Å². The Hall–Kier alpha value is -3.06. The fourth-order valence-electron chi connectivity index (χ4n) is 3.76. The van der Waals surface area contributed by atoms with Crippen molar-refractivity contribution in [3.05, 3.63) is 72.1 Å². The van der Waals surface area contributed by atoms with Gasteiger partial charge in [0.05, 0.1) is 11.7 Å². The number of benzene rings is 2. The van der Waals surface area contributed by atoms with E-state index >= 15 is 0 Å². The summed E-state index contributed by atoms with van der Waals surface area (Å²) >= 11 is 0. The number of aromatic nitrogens is 2. The van der Waals surface area contributed by atoms with Gasteiger partial charge >= 0.3 is 0 Å². The monoisotopic (exact) mass is 396 g/mol. The Labute approximate surface area is 168 Å². The van der Waals surface area contributed by atoms with Crippen molar-refractivity contribution in [1.29, 1.82) is 0 Å². The van der Waals surface area contributed by atoms with Gasteiger partial charge in [-0.1, -0.05) is 12.1 Å². The fraction of sp³-hybridized carbons (Fsp3) is 0.273. The van der Waals surface area contributed by atoms with Gasteiger partial charge in [-0.2, -0.15) is 0 Å². The minimum Gasteiger partial charge on any atom is -0.492 e. The van der Waals surface area contributed by atoms with Gasteiger partial charge in [-0.3, -0.25) is 4.90 Å². The molecule has 1 aliphatic rings. The molecule has 0 amide bonds. The predicted octanol–water partition coefficient (Wildman–Crippen LogP) is 4.22. The quantitative estimate of drug-likeness (QED) is 0.676. The molecule has 0 aliphatic carbocycles. The summed E-state index contributed by atoms with van der Waals surface area (Å²) < 4.78 is 32.5. The van der Waals surface area contributed by atoms with Crippen molar-refractivity contribution in [2.45, 2.75) is 18.9 Å². The van der Waals surface area contributed by atoms with Gasteiger partial charge in [0.15, 0.2) is 0 Å². The number of hydrogen-bond acceptors (Lipinski definition) is 5. The van der Waals surface area contributed by atoms with Crippen LogP contribution in [0.1, 0.15) is 24.6 Å². The first-order valence-corrected chi connectivity index (χ1v) is 9.61. The van der Waals surface area contributed by atoms with E-state index in [-0.39, 0.29) is 23.6 Å². The minimum absolute atomic E-state index is 0.0513. The van der Waals surface area contributed by atoms with Gasteiger partial charge in [-0.25, -0.2) is 18.7 Å². The van der Waals surface area contributed by atoms with Gasteiger partial charge in [0.25, 0.3) is 0 Å². The van der Waals surface area contributed by atoms with E-state index in [1.165, 1.54) is 24.3 Å². The van der Waals surface area contributed by atoms with Crippen LogP contribution in [0.3, 0.4) is 0 Å². The maximum atomic E-state index is 13.8. The van der Waals surface area contributed by atoms with E-state index in [9.17, 15) is 8.78 Å². The van der Waals surface area contributed by atoms with Crippen molar-refractivity contribution >= 4 is 5.95 Å². The van der Waals surface area contributed by atoms with Crippen LogP contribution in [0, 0.1) is 11.6 Å². The Morgan fingerprint density at radius 3 is 2.72 bits per heavy atom. The molecule has 0 saturated carbocycles. The average molecular weight is 396 g/mol. The lowest BCUT2D eigenvalue weighted by Crippen LogP contribution is -2.29. The number of nitrogen functional groups attached to an aromatic ring is 1. The molecule has 1 atom stereocenters. The second-order valence-electron chi connectivity index (χ2n) is 7.03. The summed E-state index contributed by atoms with van der Waals surface area (Å²) in [7, 11) is 0. The molecule has 1 fully saturated rings. The Kier molecular flexibility index (Phi) is 5.67. The SMILES string of the molecule is Nc1ncc(-c2cccc(F)c2)c(C2CCCN2CCOc2ccc(F)cc2)n1. The van der Waals surface area contributed by atoms with Crippen LogP contribution in [0.15, 0.2) is 54.7 Å². The smallest absolute Gasteiger partial charge is 0.220 e. The van der Waals surface area contributed by atoms with Crippen molar-refractivity contribution in [2.24, 2.45) is 0 Å². The maximum Gasteiger partial charge on any atom is 0.220 e. The average Bonchev–Trinajstić information content (AvgIpc) is 3.18. The second kappa shape index (κ2) is 8.53. The van der Waals surface area contributed by atoms with E-state index < -0.39 is 0 Å². The highest BCUT2D eigenvalue weighted by molar-refractivity contribution is 5.66. The number of likely N-dealkylation sites (tertiary alicyclic amines) is 1. The number of ether oxygens (including phenoxy) is 1. The Morgan fingerprint density at radius 1 is 1.10 bits per heavy atom. The molecule has 2 aromatic carbocycles. The Morgan fingerprint density at radius 2 is 1.93 bits per heavy atom. The molecule has 150 valence electrons. The van der Waals surface area contributed by atoms with E-state index in [2.05, 4.69) is 14.9 Å². The van der Waals surface area contributed by atoms with Gasteiger partial charge in [0.1, 0.15) is 24.0 Å². The number of rotatable bonds is 6. The first kappa shape index (κ1) is 19.3. The van der Waals surface area contributed by atoms with Crippen LogP contribution in [0.4, 0.5) is 14.7 Å². The van der Waals surface area contributed by atoms with Crippen molar-refractivity contribution in [3.8, 4) is 16.9 Å². The van der Waals surface area contributed by atoms with Crippen molar-refractivity contribution < 1.29 is 13.5 Å². The van der Waals surface area contributed by atoms with Crippen molar-refractivity contribution in [3.63, 3.8) is 0 Å². The van der Waals surface area contributed by atoms with E-state index in [1.807, 2.05) is 6.07 Å². The van der Waals surface area contributed by atoms with Crippen LogP contribution >= 0.6 is 0 Å². The van der Waals surface area contributed by atoms with Gasteiger partial charge in [0.2, 0.25) is 5.95 Å². The van der Waals surface area contributed by atoms with Crippen molar-refractivity contribution in [1.82, 2.24) is 14.9 Å². The van der Waals surface area contributed by atoms with Gasteiger partial charge < -0.3 is 10.5 Å². The molecule has 0 radical (unpaired) electrons. The normalized spacial score (nSPS) is 16.8. The van der Waals surface area contributed by atoms with Crippen LogP contribution in [-0.2, 0) is 0 Å². The lowest BCUT2D eigenvalue weighted by Gasteiger charge is -2.25. The summed E-state index contributed by atoms with van der Waals surface area (Å²) in [6, 6.07) is 12.5. The Balaban J connectivity index is 1.52. The molecular weight excluding hydrogens is 374 g/mol. The molecule has 7 heteroatoms. The van der Waals surface area contributed by atoms with Gasteiger partial charge in [0, 0.05) is 18.3 Å². The maximum absolute atomic E-state index is 13.8. The van der Waals surface area contributed by atoms with Crippen LogP contribution < -0.4 is 10.5 Å². The van der Waals surface area contributed by atoms with E-state index in [4.69, 9.17) is 10.5 Å². The number of anilines is 1. The Bertz CT molecular complexity index is 981. The topological polar surface area (TPSA) is 64.3 Å². The number of hydrogen-bond donors (Lipinski definition) is 1. The third kappa shape index (κ3) is 4.51. The molecular formula is C22H22F2N4O. The molecule has 1 unspecified atom stereocenters. The molecule has 1 aromatic heterocycles. The van der Waals surface area contributed by atoms with Gasteiger partial charge in [-0.05, 0) is 61.3 Å². The van der Waals surface area contributed by atoms with Crippen LogP contribution in [0.5, 0.6) is 5.75 Å². The molecule has 1 saturated heterocycles. The third-order valence-electron chi connectivity index (χ3n) is 5.11. The van der Waals surface area contributed by atoms with Crippen molar-refractivity contribution in [2.75, 3.05) is 25.4 Å². The first-order valence-electron chi connectivity index (χ1n) is 9.61. The molecule has 4 rings (SSSR count). The summed E-state index contributed by atoms with van der Waals surface area (Å²) in [5.74, 6) is 0.243. The highest BCUT2D eigenvalue weighted by Crippen LogP contribution is 2.36. The van der Waals surface area contributed by atoms with E-state index in [0.717, 1.165) is 36.2 Å². The highest BCUT2D eigenvalue weighted by atomic mass is 19.1. The molecule has 3 aromatic rings. The molecule has 0 bridgehead atoms. The number of nitrogens with two attached hydrogens (primary N) is 1. The zero-order valence-corrected chi connectivity index (χ0v) is 15.9. The standard InChI is InChI=1S/C22H22F2N4O/c23-16-6-8-18(9-7-16)29-12-11-28-10-2-5-20(28)21-19(14-26-22(25)27-21)15-3-1-4-17(24)13-15/h1,3-4,6-9,13-14,20H,2,5,10-12H2,(H2,25,26,27). The fourth-order valence-corrected chi connectivity index (χ4v) is 3.76. The first-order chi connectivity index (χ1) is 14.1. The zero-order chi connectivity index (χ0) is 20.2. The lowest BCUT2D eigenvalue weighted by molar-refractivity contribution is 0.195. The minimum atomic E-state index is -0.304. The van der Waals surface area contributed by atoms with Crippen LogP contribution in [-0.4, -0.2) is 34.6 Å². The lowest BCUT2D eigenvalue weighted by atomic mass is 10.00. The molecule has 29 heavy (non-hydrogen) atoms. The summed E-state index contributed by atoms with van der Waals surface area (Å²) in [5.41, 5.74) is 8.19. The van der Waals surface area contributed by atoms with Crippen LogP contribution in [0.25, 0.3) is 11.1 Å².